The van der Waals surface area contributed by atoms with Gasteiger partial charge in [-0.25, -0.2) is 0 Å². The lowest BCUT2D eigenvalue weighted by molar-refractivity contribution is 0.0460. The highest BCUT2D eigenvalue weighted by atomic mass is 16.5. The first kappa shape index (κ1) is 16.3. The number of hydrogen-bond acceptors (Lipinski definition) is 3. The topological polar surface area (TPSA) is 30.5 Å². The molecule has 2 heterocycles. The Morgan fingerprint density at radius 1 is 1.00 bits per heavy atom. The van der Waals surface area contributed by atoms with E-state index in [0.29, 0.717) is 11.5 Å². The SMILES string of the molecule is C[C@@H](NCC(C)(C)CC1CCOCC1)C1CCOCC1. The number of rotatable bonds is 6. The second-order valence-corrected chi connectivity index (χ2v) is 7.54. The predicted molar refractivity (Wildman–Crippen MR) is 82.9 cm³/mol. The van der Waals surface area contributed by atoms with Crippen molar-refractivity contribution in [3.05, 3.63) is 0 Å². The maximum Gasteiger partial charge on any atom is 0.0469 e. The monoisotopic (exact) mass is 283 g/mol. The summed E-state index contributed by atoms with van der Waals surface area (Å²) in [5, 5.41) is 3.80. The highest BCUT2D eigenvalue weighted by Gasteiger charge is 2.27. The van der Waals surface area contributed by atoms with Crippen molar-refractivity contribution in [2.24, 2.45) is 17.3 Å². The molecule has 0 amide bonds. The maximum absolute atomic E-state index is 5.46. The molecule has 3 heteroatoms. The summed E-state index contributed by atoms with van der Waals surface area (Å²) < 4.78 is 10.9. The van der Waals surface area contributed by atoms with Gasteiger partial charge in [0.25, 0.3) is 0 Å². The normalized spacial score (nSPS) is 24.8. The van der Waals surface area contributed by atoms with Crippen LogP contribution in [0.1, 0.15) is 52.9 Å². The van der Waals surface area contributed by atoms with Crippen LogP contribution in [0.5, 0.6) is 0 Å². The van der Waals surface area contributed by atoms with Crippen LogP contribution in [0.3, 0.4) is 0 Å². The Morgan fingerprint density at radius 3 is 2.15 bits per heavy atom. The van der Waals surface area contributed by atoms with Gasteiger partial charge in [0.05, 0.1) is 0 Å². The third-order valence-corrected chi connectivity index (χ3v) is 5.06. The zero-order chi connectivity index (χ0) is 14.4. The van der Waals surface area contributed by atoms with Crippen molar-refractivity contribution >= 4 is 0 Å². The molecule has 1 atom stereocenters. The molecule has 0 saturated carbocycles. The lowest BCUT2D eigenvalue weighted by atomic mass is 9.79. The van der Waals surface area contributed by atoms with Gasteiger partial charge < -0.3 is 14.8 Å². The van der Waals surface area contributed by atoms with Crippen molar-refractivity contribution in [1.82, 2.24) is 5.32 Å². The highest BCUT2D eigenvalue weighted by Crippen LogP contribution is 2.31. The van der Waals surface area contributed by atoms with Crippen molar-refractivity contribution < 1.29 is 9.47 Å². The van der Waals surface area contributed by atoms with Gasteiger partial charge >= 0.3 is 0 Å². The molecule has 118 valence electrons. The van der Waals surface area contributed by atoms with Crippen LogP contribution in [0.15, 0.2) is 0 Å². The van der Waals surface area contributed by atoms with E-state index in [9.17, 15) is 0 Å². The summed E-state index contributed by atoms with van der Waals surface area (Å²) in [7, 11) is 0. The standard InChI is InChI=1S/C17H33NO2/c1-14(16-6-10-20-11-7-16)18-13-17(2,3)12-15-4-8-19-9-5-15/h14-16,18H,4-13H2,1-3H3/t14-/m1/s1. The molecule has 3 nitrogen and oxygen atoms in total. The fourth-order valence-corrected chi connectivity index (χ4v) is 3.62. The van der Waals surface area contributed by atoms with Gasteiger partial charge in [0.15, 0.2) is 0 Å². The summed E-state index contributed by atoms with van der Waals surface area (Å²) in [6, 6.07) is 0.618. The fraction of sp³-hybridized carbons (Fsp3) is 1.00. The van der Waals surface area contributed by atoms with E-state index in [2.05, 4.69) is 26.1 Å². The summed E-state index contributed by atoms with van der Waals surface area (Å²) in [4.78, 5) is 0. The molecule has 1 N–H and O–H groups in total. The minimum Gasteiger partial charge on any atom is -0.381 e. The molecule has 20 heavy (non-hydrogen) atoms. The first-order valence-electron chi connectivity index (χ1n) is 8.46. The van der Waals surface area contributed by atoms with E-state index in [-0.39, 0.29) is 0 Å². The third kappa shape index (κ3) is 5.34. The van der Waals surface area contributed by atoms with Crippen LogP contribution in [-0.4, -0.2) is 39.0 Å². The van der Waals surface area contributed by atoms with Gasteiger partial charge in [0.1, 0.15) is 0 Å². The Kier molecular flexibility index (Phi) is 6.31. The van der Waals surface area contributed by atoms with Gasteiger partial charge in [0.2, 0.25) is 0 Å². The van der Waals surface area contributed by atoms with Crippen LogP contribution in [0, 0.1) is 17.3 Å². The van der Waals surface area contributed by atoms with Gasteiger partial charge in [0, 0.05) is 39.0 Å². The van der Waals surface area contributed by atoms with E-state index in [0.717, 1.165) is 44.8 Å². The smallest absolute Gasteiger partial charge is 0.0469 e. The Bertz CT molecular complexity index is 268. The van der Waals surface area contributed by atoms with Gasteiger partial charge in [-0.05, 0) is 56.3 Å². The lowest BCUT2D eigenvalue weighted by Crippen LogP contribution is -2.42. The van der Waals surface area contributed by atoms with E-state index in [1.165, 1.54) is 32.1 Å². The van der Waals surface area contributed by atoms with Gasteiger partial charge in [-0.2, -0.15) is 0 Å². The van der Waals surface area contributed by atoms with Crippen LogP contribution in [-0.2, 0) is 9.47 Å². The molecule has 2 rings (SSSR count). The molecule has 2 saturated heterocycles. The Labute approximate surface area is 124 Å². The molecule has 2 fully saturated rings. The average molecular weight is 283 g/mol. The zero-order valence-electron chi connectivity index (χ0n) is 13.6. The van der Waals surface area contributed by atoms with Crippen LogP contribution < -0.4 is 5.32 Å². The van der Waals surface area contributed by atoms with Crippen LogP contribution >= 0.6 is 0 Å². The van der Waals surface area contributed by atoms with E-state index in [4.69, 9.17) is 9.47 Å². The minimum absolute atomic E-state index is 0.390. The maximum atomic E-state index is 5.46. The second-order valence-electron chi connectivity index (χ2n) is 7.54. The third-order valence-electron chi connectivity index (χ3n) is 5.06. The van der Waals surface area contributed by atoms with E-state index in [1.54, 1.807) is 0 Å². The zero-order valence-corrected chi connectivity index (χ0v) is 13.6. The van der Waals surface area contributed by atoms with Crippen molar-refractivity contribution in [2.45, 2.75) is 58.9 Å². The fourth-order valence-electron chi connectivity index (χ4n) is 3.62. The van der Waals surface area contributed by atoms with Crippen molar-refractivity contribution in [3.8, 4) is 0 Å². The largest absolute Gasteiger partial charge is 0.381 e. The van der Waals surface area contributed by atoms with Gasteiger partial charge in [-0.15, -0.1) is 0 Å². The lowest BCUT2D eigenvalue weighted by Gasteiger charge is -2.35. The number of nitrogens with one attached hydrogen (secondary N) is 1. The van der Waals surface area contributed by atoms with Crippen LogP contribution in [0.25, 0.3) is 0 Å². The molecule has 0 bridgehead atoms. The van der Waals surface area contributed by atoms with Crippen molar-refractivity contribution in [2.75, 3.05) is 33.0 Å². The highest BCUT2D eigenvalue weighted by molar-refractivity contribution is 4.81. The molecule has 0 radical (unpaired) electrons. The molecule has 0 spiro atoms. The van der Waals surface area contributed by atoms with E-state index >= 15 is 0 Å². The summed E-state index contributed by atoms with van der Waals surface area (Å²) in [5.41, 5.74) is 0.390. The molecular weight excluding hydrogens is 250 g/mol. The van der Waals surface area contributed by atoms with Gasteiger partial charge in [-0.1, -0.05) is 13.8 Å². The minimum atomic E-state index is 0.390. The summed E-state index contributed by atoms with van der Waals surface area (Å²) in [6.45, 7) is 12.1. The molecule has 0 unspecified atom stereocenters. The first-order chi connectivity index (χ1) is 9.57. The Morgan fingerprint density at radius 2 is 1.55 bits per heavy atom. The van der Waals surface area contributed by atoms with Crippen molar-refractivity contribution in [1.29, 1.82) is 0 Å². The number of hydrogen-bond donors (Lipinski definition) is 1. The predicted octanol–water partition coefficient (Wildman–Crippen LogP) is 3.23. The number of ether oxygens (including phenoxy) is 2. The van der Waals surface area contributed by atoms with Gasteiger partial charge in [-0.3, -0.25) is 0 Å². The first-order valence-corrected chi connectivity index (χ1v) is 8.46. The average Bonchev–Trinajstić information content (AvgIpc) is 2.46. The molecule has 2 aliphatic rings. The summed E-state index contributed by atoms with van der Waals surface area (Å²) in [5.74, 6) is 1.65. The Balaban J connectivity index is 1.70. The van der Waals surface area contributed by atoms with Crippen LogP contribution in [0.4, 0.5) is 0 Å². The quantitative estimate of drug-likeness (QED) is 0.812. The molecule has 0 aliphatic carbocycles. The van der Waals surface area contributed by atoms with E-state index < -0.39 is 0 Å². The second kappa shape index (κ2) is 7.77. The van der Waals surface area contributed by atoms with Crippen molar-refractivity contribution in [3.63, 3.8) is 0 Å². The summed E-state index contributed by atoms with van der Waals surface area (Å²) >= 11 is 0. The molecule has 0 aromatic carbocycles. The molecule has 0 aromatic rings. The molecule has 2 aliphatic heterocycles. The molecular formula is C17H33NO2. The van der Waals surface area contributed by atoms with E-state index in [1.807, 2.05) is 0 Å². The molecule has 0 aromatic heterocycles. The summed E-state index contributed by atoms with van der Waals surface area (Å²) in [6.07, 6.45) is 6.25. The van der Waals surface area contributed by atoms with Crippen LogP contribution in [0.2, 0.25) is 0 Å². The Hall–Kier alpha value is -0.120.